The summed E-state index contributed by atoms with van der Waals surface area (Å²) >= 11 is 1.88. The minimum Gasteiger partial charge on any atom is -0.381 e. The van der Waals surface area contributed by atoms with Crippen molar-refractivity contribution in [3.8, 4) is 0 Å². The highest BCUT2D eigenvalue weighted by molar-refractivity contribution is 8.14. The summed E-state index contributed by atoms with van der Waals surface area (Å²) < 4.78 is 5.45. The van der Waals surface area contributed by atoms with Gasteiger partial charge in [-0.15, -0.1) is 0 Å². The molecule has 0 aliphatic carbocycles. The molecule has 4 heteroatoms. The second-order valence-electron chi connectivity index (χ2n) is 6.72. The van der Waals surface area contributed by atoms with Crippen LogP contribution in [0.1, 0.15) is 40.5 Å². The molecule has 2 fully saturated rings. The summed E-state index contributed by atoms with van der Waals surface area (Å²) in [5, 5.41) is 4.79. The zero-order valence-corrected chi connectivity index (χ0v) is 12.9. The second-order valence-corrected chi connectivity index (χ2v) is 7.68. The summed E-state index contributed by atoms with van der Waals surface area (Å²) in [5.74, 6) is 1.76. The second kappa shape index (κ2) is 5.41. The lowest BCUT2D eigenvalue weighted by Crippen LogP contribution is -2.48. The van der Waals surface area contributed by atoms with E-state index in [0.29, 0.717) is 11.3 Å². The molecule has 0 amide bonds. The van der Waals surface area contributed by atoms with Gasteiger partial charge < -0.3 is 10.1 Å². The van der Waals surface area contributed by atoms with E-state index in [1.54, 1.807) is 0 Å². The summed E-state index contributed by atoms with van der Waals surface area (Å²) in [5.41, 5.74) is 0.608. The van der Waals surface area contributed by atoms with E-state index in [1.807, 2.05) is 11.8 Å². The van der Waals surface area contributed by atoms with Crippen molar-refractivity contribution in [2.45, 2.75) is 46.1 Å². The number of nitrogens with zero attached hydrogens (tertiary/aromatic N) is 1. The molecular formula is C14H26N2OS. The van der Waals surface area contributed by atoms with Gasteiger partial charge in [0, 0.05) is 25.5 Å². The molecule has 0 saturated carbocycles. The molecule has 104 valence electrons. The lowest BCUT2D eigenvalue weighted by atomic mass is 9.82. The maximum absolute atomic E-state index is 5.45. The van der Waals surface area contributed by atoms with E-state index < -0.39 is 0 Å². The van der Waals surface area contributed by atoms with Crippen LogP contribution in [0.15, 0.2) is 4.99 Å². The molecule has 2 rings (SSSR count). The smallest absolute Gasteiger partial charge is 0.157 e. The highest BCUT2D eigenvalue weighted by Crippen LogP contribution is 2.32. The van der Waals surface area contributed by atoms with E-state index in [1.165, 1.54) is 0 Å². The monoisotopic (exact) mass is 270 g/mol. The molecule has 0 aromatic rings. The fourth-order valence-electron chi connectivity index (χ4n) is 2.12. The van der Waals surface area contributed by atoms with E-state index in [0.717, 1.165) is 43.5 Å². The van der Waals surface area contributed by atoms with E-state index in [2.05, 4.69) is 33.0 Å². The number of amidine groups is 1. The number of nitrogens with one attached hydrogen (secondary N) is 1. The Bertz CT molecular complexity index is 316. The lowest BCUT2D eigenvalue weighted by molar-refractivity contribution is 0.0555. The minimum absolute atomic E-state index is 0.271. The highest BCUT2D eigenvalue weighted by Gasteiger charge is 2.38. The molecule has 1 atom stereocenters. The zero-order valence-electron chi connectivity index (χ0n) is 12.1. The first-order chi connectivity index (χ1) is 8.41. The average Bonchev–Trinajstić information content (AvgIpc) is 2.69. The molecule has 3 nitrogen and oxygen atoms in total. The van der Waals surface area contributed by atoms with Crippen LogP contribution in [0.5, 0.6) is 0 Å². The molecule has 2 aliphatic heterocycles. The van der Waals surface area contributed by atoms with Crippen molar-refractivity contribution >= 4 is 16.9 Å². The van der Waals surface area contributed by atoms with Crippen molar-refractivity contribution in [1.82, 2.24) is 5.32 Å². The van der Waals surface area contributed by atoms with Crippen LogP contribution in [0.3, 0.4) is 0 Å². The van der Waals surface area contributed by atoms with Crippen LogP contribution in [0, 0.1) is 11.3 Å². The number of rotatable bonds is 2. The molecule has 1 unspecified atom stereocenters. The fourth-order valence-corrected chi connectivity index (χ4v) is 3.34. The maximum Gasteiger partial charge on any atom is 0.157 e. The fraction of sp³-hybridized carbons (Fsp3) is 0.929. The van der Waals surface area contributed by atoms with E-state index >= 15 is 0 Å². The maximum atomic E-state index is 5.45. The predicted octanol–water partition coefficient (Wildman–Crippen LogP) is 2.91. The molecule has 0 aromatic carbocycles. The molecule has 18 heavy (non-hydrogen) atoms. The van der Waals surface area contributed by atoms with Crippen molar-refractivity contribution < 1.29 is 4.74 Å². The molecule has 1 spiro atoms. The number of hydrogen-bond donors (Lipinski definition) is 1. The normalized spacial score (nSPS) is 27.4. The van der Waals surface area contributed by atoms with Crippen LogP contribution >= 0.6 is 11.8 Å². The Hall–Kier alpha value is -0.220. The zero-order chi connectivity index (χ0) is 13.2. The van der Waals surface area contributed by atoms with Crippen molar-refractivity contribution in [2.24, 2.45) is 16.3 Å². The third-order valence-corrected chi connectivity index (χ3v) is 5.50. The Kier molecular flexibility index (Phi) is 4.27. The van der Waals surface area contributed by atoms with Crippen LogP contribution in [0.4, 0.5) is 0 Å². The van der Waals surface area contributed by atoms with Gasteiger partial charge in [-0.25, -0.2) is 0 Å². The van der Waals surface area contributed by atoms with Crippen molar-refractivity contribution in [1.29, 1.82) is 0 Å². The van der Waals surface area contributed by atoms with E-state index in [4.69, 9.17) is 9.73 Å². The van der Waals surface area contributed by atoms with Gasteiger partial charge in [-0.1, -0.05) is 39.5 Å². The van der Waals surface area contributed by atoms with Crippen LogP contribution in [-0.4, -0.2) is 36.2 Å². The van der Waals surface area contributed by atoms with Gasteiger partial charge in [0.25, 0.3) is 0 Å². The molecule has 1 N–H and O–H groups in total. The van der Waals surface area contributed by atoms with Gasteiger partial charge >= 0.3 is 0 Å². The van der Waals surface area contributed by atoms with Crippen molar-refractivity contribution in [3.63, 3.8) is 0 Å². The quantitative estimate of drug-likeness (QED) is 0.837. The number of thioether (sulfide) groups is 1. The molecule has 2 saturated heterocycles. The molecule has 0 aromatic heterocycles. The van der Waals surface area contributed by atoms with Gasteiger partial charge in [0.05, 0.1) is 5.54 Å². The number of ether oxygens (including phenoxy) is 1. The molecular weight excluding hydrogens is 244 g/mol. The van der Waals surface area contributed by atoms with Gasteiger partial charge in [0.15, 0.2) is 5.17 Å². The van der Waals surface area contributed by atoms with Gasteiger partial charge in [-0.3, -0.25) is 4.99 Å². The summed E-state index contributed by atoms with van der Waals surface area (Å²) in [7, 11) is 0. The predicted molar refractivity (Wildman–Crippen MR) is 79.3 cm³/mol. The van der Waals surface area contributed by atoms with E-state index in [-0.39, 0.29) is 5.54 Å². The first-order valence-corrected chi connectivity index (χ1v) is 7.93. The third-order valence-electron chi connectivity index (χ3n) is 4.29. The Labute approximate surface area is 115 Å². The average molecular weight is 270 g/mol. The number of aliphatic imine (C=N–C) groups is 1. The summed E-state index contributed by atoms with van der Waals surface area (Å²) in [6.45, 7) is 11.8. The first kappa shape index (κ1) is 14.2. The molecule has 2 heterocycles. The third kappa shape index (κ3) is 3.41. The SMILES string of the molecule is CC(CN=C1NC2(CCOCC2)CS1)C(C)(C)C. The Morgan fingerprint density at radius 3 is 2.67 bits per heavy atom. The number of hydrogen-bond acceptors (Lipinski definition) is 3. The summed E-state index contributed by atoms with van der Waals surface area (Å²) in [4.78, 5) is 4.77. The van der Waals surface area contributed by atoms with Crippen LogP contribution in [0.2, 0.25) is 0 Å². The molecule has 2 aliphatic rings. The minimum atomic E-state index is 0.271. The summed E-state index contributed by atoms with van der Waals surface area (Å²) in [6.07, 6.45) is 2.24. The van der Waals surface area contributed by atoms with E-state index in [9.17, 15) is 0 Å². The van der Waals surface area contributed by atoms with Crippen LogP contribution in [-0.2, 0) is 4.74 Å². The Balaban J connectivity index is 1.88. The Morgan fingerprint density at radius 2 is 2.06 bits per heavy atom. The van der Waals surface area contributed by atoms with Crippen LogP contribution in [0.25, 0.3) is 0 Å². The van der Waals surface area contributed by atoms with Gasteiger partial charge in [-0.05, 0) is 24.2 Å². The topological polar surface area (TPSA) is 33.6 Å². The summed E-state index contributed by atoms with van der Waals surface area (Å²) in [6, 6.07) is 0. The largest absolute Gasteiger partial charge is 0.381 e. The van der Waals surface area contributed by atoms with Gasteiger partial charge in [0.1, 0.15) is 0 Å². The standard InChI is InChI=1S/C14H26N2OS/c1-11(13(2,3)4)9-15-12-16-14(10-18-12)5-7-17-8-6-14/h11H,5-10H2,1-4H3,(H,15,16). The van der Waals surface area contributed by atoms with Gasteiger partial charge in [0.2, 0.25) is 0 Å². The van der Waals surface area contributed by atoms with Crippen LogP contribution < -0.4 is 5.32 Å². The molecule has 0 radical (unpaired) electrons. The highest BCUT2D eigenvalue weighted by atomic mass is 32.2. The van der Waals surface area contributed by atoms with Crippen molar-refractivity contribution in [3.05, 3.63) is 0 Å². The first-order valence-electron chi connectivity index (χ1n) is 6.94. The van der Waals surface area contributed by atoms with Gasteiger partial charge in [-0.2, -0.15) is 0 Å². The lowest BCUT2D eigenvalue weighted by Gasteiger charge is -2.32. The molecule has 0 bridgehead atoms. The van der Waals surface area contributed by atoms with Crippen molar-refractivity contribution in [2.75, 3.05) is 25.5 Å². The Morgan fingerprint density at radius 1 is 1.39 bits per heavy atom.